The van der Waals surface area contributed by atoms with Crippen LogP contribution in [0.1, 0.15) is 49.5 Å². The van der Waals surface area contributed by atoms with Crippen LogP contribution in [0.5, 0.6) is 0 Å². The molecule has 1 aromatic heterocycles. The number of pyridine rings is 1. The highest BCUT2D eigenvalue weighted by molar-refractivity contribution is 5.94. The number of aryl methyl sites for hydroxylation is 1. The van der Waals surface area contributed by atoms with Crippen LogP contribution >= 0.6 is 0 Å². The van der Waals surface area contributed by atoms with Gasteiger partial charge >= 0.3 is 5.97 Å². The predicted molar refractivity (Wildman–Crippen MR) is 99.5 cm³/mol. The number of aromatic nitrogens is 1. The number of hydrogen-bond donors (Lipinski definition) is 0. The molecular weight excluding hydrogens is 304 g/mol. The summed E-state index contributed by atoms with van der Waals surface area (Å²) in [7, 11) is 3.71. The summed E-state index contributed by atoms with van der Waals surface area (Å²) in [4.78, 5) is 24.8. The molecule has 0 aliphatic heterocycles. The summed E-state index contributed by atoms with van der Waals surface area (Å²) in [5.41, 5.74) is 1.54. The van der Waals surface area contributed by atoms with Gasteiger partial charge in [-0.2, -0.15) is 0 Å². The lowest BCUT2D eigenvalue weighted by molar-refractivity contribution is 0.0497. The molecule has 0 atom stereocenters. The summed E-state index contributed by atoms with van der Waals surface area (Å²) in [5.74, 6) is -0.558. The Kier molecular flexibility index (Phi) is 7.49. The van der Waals surface area contributed by atoms with Gasteiger partial charge in [0.25, 0.3) is 0 Å². The van der Waals surface area contributed by atoms with Crippen molar-refractivity contribution in [1.29, 1.82) is 0 Å². The molecule has 0 amide bonds. The van der Waals surface area contributed by atoms with Crippen LogP contribution in [0.4, 0.5) is 0 Å². The number of carbonyl (C=O) groups is 1. The molecule has 132 valence electrons. The van der Waals surface area contributed by atoms with E-state index in [2.05, 4.69) is 0 Å². The number of unbranched alkanes of at least 4 members (excludes halogenated alkanes) is 1. The van der Waals surface area contributed by atoms with E-state index < -0.39 is 5.97 Å². The Morgan fingerprint density at radius 1 is 1.25 bits per heavy atom. The van der Waals surface area contributed by atoms with Crippen molar-refractivity contribution >= 4 is 16.9 Å². The second-order valence-corrected chi connectivity index (χ2v) is 5.57. The first-order chi connectivity index (χ1) is 11.5. The van der Waals surface area contributed by atoms with E-state index in [1.165, 1.54) is 0 Å². The van der Waals surface area contributed by atoms with E-state index in [9.17, 15) is 9.59 Å². The molecule has 0 unspecified atom stereocenters. The summed E-state index contributed by atoms with van der Waals surface area (Å²) in [5, 5.41) is 2.35. The average molecular weight is 332 g/mol. The molecule has 0 saturated carbocycles. The van der Waals surface area contributed by atoms with E-state index in [-0.39, 0.29) is 11.0 Å². The Balaban J connectivity index is 0.00000139. The van der Waals surface area contributed by atoms with Crippen LogP contribution in [0.25, 0.3) is 10.9 Å². The molecule has 2 rings (SSSR count). The Labute approximate surface area is 143 Å². The molecular formula is C19H28N2O3. The van der Waals surface area contributed by atoms with Crippen molar-refractivity contribution < 1.29 is 9.53 Å². The van der Waals surface area contributed by atoms with Gasteiger partial charge in [-0.25, -0.2) is 4.79 Å². The van der Waals surface area contributed by atoms with E-state index >= 15 is 0 Å². The van der Waals surface area contributed by atoms with E-state index in [0.29, 0.717) is 12.0 Å². The van der Waals surface area contributed by atoms with Crippen LogP contribution in [0, 0.1) is 6.92 Å². The standard InChI is InChI=1S/C17H22N2O3.C2H6/c1-5-6-9-22-17(21)14-11-19(18(3)4)15-8-7-12(2)10-13(15)16(14)20;1-2/h7-8,10-11H,5-6,9H2,1-4H3;1-2H3. The SMILES string of the molecule is CC.CCCCOC(=O)c1cn(N(C)C)c2ccc(C)cc2c1=O. The predicted octanol–water partition coefficient (Wildman–Crippen LogP) is 3.49. The molecule has 0 radical (unpaired) electrons. The first-order valence-electron chi connectivity index (χ1n) is 8.46. The van der Waals surface area contributed by atoms with Crippen LogP contribution in [0.3, 0.4) is 0 Å². The van der Waals surface area contributed by atoms with Crippen molar-refractivity contribution in [2.45, 2.75) is 40.5 Å². The first-order valence-corrected chi connectivity index (χ1v) is 8.46. The fourth-order valence-corrected chi connectivity index (χ4v) is 2.29. The molecule has 0 spiro atoms. The number of esters is 1. The molecule has 5 nitrogen and oxygen atoms in total. The van der Waals surface area contributed by atoms with Crippen LogP contribution in [0.2, 0.25) is 0 Å². The van der Waals surface area contributed by atoms with Crippen molar-refractivity contribution in [3.8, 4) is 0 Å². The number of hydrogen-bond acceptors (Lipinski definition) is 4. The second-order valence-electron chi connectivity index (χ2n) is 5.57. The molecule has 0 bridgehead atoms. The molecule has 0 fully saturated rings. The van der Waals surface area contributed by atoms with E-state index in [4.69, 9.17) is 4.74 Å². The number of benzene rings is 1. The zero-order valence-corrected chi connectivity index (χ0v) is 15.5. The highest BCUT2D eigenvalue weighted by atomic mass is 16.5. The fraction of sp³-hybridized carbons (Fsp3) is 0.474. The van der Waals surface area contributed by atoms with Gasteiger partial charge in [-0.05, 0) is 25.5 Å². The summed E-state index contributed by atoms with van der Waals surface area (Å²) < 4.78 is 6.98. The van der Waals surface area contributed by atoms with Gasteiger partial charge in [0.05, 0.1) is 12.1 Å². The highest BCUT2D eigenvalue weighted by Crippen LogP contribution is 2.14. The third-order valence-corrected chi connectivity index (χ3v) is 3.52. The van der Waals surface area contributed by atoms with Crippen LogP contribution < -0.4 is 10.4 Å². The summed E-state index contributed by atoms with van der Waals surface area (Å²) in [6.07, 6.45) is 3.28. The monoisotopic (exact) mass is 332 g/mol. The molecule has 2 aromatic rings. The lowest BCUT2D eigenvalue weighted by Crippen LogP contribution is -2.30. The van der Waals surface area contributed by atoms with E-state index in [1.54, 1.807) is 16.9 Å². The minimum Gasteiger partial charge on any atom is -0.462 e. The third-order valence-electron chi connectivity index (χ3n) is 3.52. The average Bonchev–Trinajstić information content (AvgIpc) is 2.57. The van der Waals surface area contributed by atoms with E-state index in [1.807, 2.05) is 58.9 Å². The Bertz CT molecular complexity index is 748. The van der Waals surface area contributed by atoms with E-state index in [0.717, 1.165) is 23.9 Å². The van der Waals surface area contributed by atoms with Crippen molar-refractivity contribution in [2.75, 3.05) is 25.7 Å². The molecule has 0 N–H and O–H groups in total. The fourth-order valence-electron chi connectivity index (χ4n) is 2.29. The van der Waals surface area contributed by atoms with Crippen molar-refractivity contribution in [3.05, 3.63) is 45.7 Å². The van der Waals surface area contributed by atoms with Crippen molar-refractivity contribution in [1.82, 2.24) is 4.68 Å². The minimum atomic E-state index is -0.558. The summed E-state index contributed by atoms with van der Waals surface area (Å²) >= 11 is 0. The maximum Gasteiger partial charge on any atom is 0.343 e. The summed E-state index contributed by atoms with van der Waals surface area (Å²) in [6.45, 7) is 8.28. The quantitative estimate of drug-likeness (QED) is 0.621. The van der Waals surface area contributed by atoms with Gasteiger partial charge in [0.2, 0.25) is 5.43 Å². The smallest absolute Gasteiger partial charge is 0.343 e. The molecule has 0 saturated heterocycles. The zero-order chi connectivity index (χ0) is 18.3. The maximum absolute atomic E-state index is 12.6. The van der Waals surface area contributed by atoms with Gasteiger partial charge in [-0.1, -0.05) is 38.8 Å². The van der Waals surface area contributed by atoms with Gasteiger partial charge in [-0.3, -0.25) is 9.47 Å². The van der Waals surface area contributed by atoms with Crippen LogP contribution in [-0.2, 0) is 4.74 Å². The van der Waals surface area contributed by atoms with Crippen molar-refractivity contribution in [2.24, 2.45) is 0 Å². The van der Waals surface area contributed by atoms with Crippen molar-refractivity contribution in [3.63, 3.8) is 0 Å². The molecule has 5 heteroatoms. The molecule has 1 aromatic carbocycles. The Hall–Kier alpha value is -2.30. The topological polar surface area (TPSA) is 51.5 Å². The van der Waals surface area contributed by atoms with Gasteiger partial charge in [0.1, 0.15) is 5.56 Å². The van der Waals surface area contributed by atoms with Crippen LogP contribution in [-0.4, -0.2) is 31.3 Å². The zero-order valence-electron chi connectivity index (χ0n) is 15.5. The number of rotatable bonds is 5. The first kappa shape index (κ1) is 19.7. The lowest BCUT2D eigenvalue weighted by Gasteiger charge is -2.20. The van der Waals surface area contributed by atoms with Gasteiger partial charge < -0.3 is 9.75 Å². The Morgan fingerprint density at radius 3 is 2.50 bits per heavy atom. The van der Waals surface area contributed by atoms with Gasteiger partial charge in [0, 0.05) is 25.7 Å². The van der Waals surface area contributed by atoms with Gasteiger partial charge in [0.15, 0.2) is 0 Å². The number of nitrogens with zero attached hydrogens (tertiary/aromatic N) is 2. The van der Waals surface area contributed by atoms with Gasteiger partial charge in [-0.15, -0.1) is 0 Å². The largest absolute Gasteiger partial charge is 0.462 e. The molecule has 0 aliphatic carbocycles. The normalized spacial score (nSPS) is 10.1. The molecule has 1 heterocycles. The van der Waals surface area contributed by atoms with Crippen LogP contribution in [0.15, 0.2) is 29.2 Å². The number of fused-ring (bicyclic) bond motifs is 1. The molecule has 0 aliphatic rings. The Morgan fingerprint density at radius 2 is 1.92 bits per heavy atom. The maximum atomic E-state index is 12.6. The number of ether oxygens (including phenoxy) is 1. The minimum absolute atomic E-state index is 0.0721. The molecule has 24 heavy (non-hydrogen) atoms. The lowest BCUT2D eigenvalue weighted by atomic mass is 10.1. The third kappa shape index (κ3) is 4.37. The second kappa shape index (κ2) is 9.11. The summed E-state index contributed by atoms with van der Waals surface area (Å²) in [6, 6.07) is 5.64. The number of carbonyl (C=O) groups excluding carboxylic acids is 1. The highest BCUT2D eigenvalue weighted by Gasteiger charge is 2.17.